The number of para-hydroxylation sites is 2. The Morgan fingerprint density at radius 3 is 2.24 bits per heavy atom. The summed E-state index contributed by atoms with van der Waals surface area (Å²) < 4.78 is 2.31. The molecule has 2 heterocycles. The minimum atomic E-state index is 0.0995. The molecule has 1 fully saturated rings. The van der Waals surface area contributed by atoms with Crippen molar-refractivity contribution in [2.75, 3.05) is 6.54 Å². The van der Waals surface area contributed by atoms with Crippen molar-refractivity contribution in [3.05, 3.63) is 101 Å². The molecule has 1 saturated heterocycles. The number of aromatic nitrogens is 2. The van der Waals surface area contributed by atoms with Crippen LogP contribution in [0.4, 0.5) is 0 Å². The Labute approximate surface area is 195 Å². The van der Waals surface area contributed by atoms with E-state index in [4.69, 9.17) is 4.98 Å². The van der Waals surface area contributed by atoms with E-state index in [1.54, 1.807) is 0 Å². The smallest absolute Gasteiger partial charge is 0.223 e. The summed E-state index contributed by atoms with van der Waals surface area (Å²) in [5, 5.41) is 0. The van der Waals surface area contributed by atoms with Crippen LogP contribution in [0.15, 0.2) is 78.9 Å². The van der Waals surface area contributed by atoms with Crippen molar-refractivity contribution in [2.45, 2.75) is 51.6 Å². The number of amides is 1. The number of hydrogen-bond acceptors (Lipinski definition) is 2. The van der Waals surface area contributed by atoms with Crippen LogP contribution in [0.25, 0.3) is 11.0 Å². The van der Waals surface area contributed by atoms with Crippen LogP contribution in [0.1, 0.15) is 55.6 Å². The lowest BCUT2D eigenvalue weighted by Crippen LogP contribution is -2.24. The highest BCUT2D eigenvalue weighted by molar-refractivity contribution is 5.81. The molecule has 4 heteroatoms. The number of nitrogens with zero attached hydrogens (tertiary/aromatic N) is 3. The second-order valence-electron chi connectivity index (χ2n) is 10.2. The molecule has 3 aromatic carbocycles. The molecule has 0 aliphatic carbocycles. The van der Waals surface area contributed by atoms with E-state index in [9.17, 15) is 4.79 Å². The van der Waals surface area contributed by atoms with Crippen LogP contribution in [-0.2, 0) is 23.3 Å². The summed E-state index contributed by atoms with van der Waals surface area (Å²) in [4.78, 5) is 19.8. The number of hydrogen-bond donors (Lipinski definition) is 0. The van der Waals surface area contributed by atoms with Crippen molar-refractivity contribution in [3.8, 4) is 0 Å². The molecule has 33 heavy (non-hydrogen) atoms. The minimum Gasteiger partial charge on any atom is -0.338 e. The number of fused-ring (bicyclic) bond motifs is 1. The van der Waals surface area contributed by atoms with Gasteiger partial charge in [0.05, 0.1) is 11.0 Å². The fourth-order valence-electron chi connectivity index (χ4n) is 4.77. The predicted octanol–water partition coefficient (Wildman–Crippen LogP) is 5.90. The van der Waals surface area contributed by atoms with Crippen LogP contribution >= 0.6 is 0 Å². The second kappa shape index (κ2) is 8.51. The van der Waals surface area contributed by atoms with Gasteiger partial charge < -0.3 is 9.47 Å². The van der Waals surface area contributed by atoms with E-state index in [0.29, 0.717) is 19.5 Å². The topological polar surface area (TPSA) is 38.1 Å². The maximum Gasteiger partial charge on any atom is 0.223 e. The Balaban J connectivity index is 1.44. The van der Waals surface area contributed by atoms with Crippen molar-refractivity contribution in [1.29, 1.82) is 0 Å². The van der Waals surface area contributed by atoms with Crippen molar-refractivity contribution in [2.24, 2.45) is 0 Å². The molecular weight excluding hydrogens is 406 g/mol. The summed E-state index contributed by atoms with van der Waals surface area (Å²) in [5.41, 5.74) is 6.00. The molecular formula is C29H31N3O. The summed E-state index contributed by atoms with van der Waals surface area (Å²) in [6.07, 6.45) is 0.513. The lowest BCUT2D eigenvalue weighted by Gasteiger charge is -2.20. The van der Waals surface area contributed by atoms with Crippen LogP contribution in [0.2, 0.25) is 0 Å². The SMILES string of the molecule is CC(C)(C)c1ccc(Cn2c(C3CC(=O)N(Cc4ccccc4)C3)nc3ccccc32)cc1. The van der Waals surface area contributed by atoms with Crippen LogP contribution in [-0.4, -0.2) is 26.9 Å². The highest BCUT2D eigenvalue weighted by atomic mass is 16.2. The Bertz CT molecular complexity index is 1270. The number of carbonyl (C=O) groups excluding carboxylic acids is 1. The van der Waals surface area contributed by atoms with Gasteiger partial charge >= 0.3 is 0 Å². The molecule has 1 aromatic heterocycles. The highest BCUT2D eigenvalue weighted by Gasteiger charge is 2.34. The van der Waals surface area contributed by atoms with Crippen molar-refractivity contribution in [1.82, 2.24) is 14.5 Å². The number of likely N-dealkylation sites (tertiary alicyclic amines) is 1. The molecule has 4 aromatic rings. The molecule has 1 amide bonds. The summed E-state index contributed by atoms with van der Waals surface area (Å²) in [5.74, 6) is 1.32. The molecule has 1 unspecified atom stereocenters. The summed E-state index contributed by atoms with van der Waals surface area (Å²) >= 11 is 0. The normalized spacial score (nSPS) is 16.6. The van der Waals surface area contributed by atoms with Gasteiger partial charge in [0, 0.05) is 32.0 Å². The van der Waals surface area contributed by atoms with E-state index in [2.05, 4.69) is 79.9 Å². The lowest BCUT2D eigenvalue weighted by atomic mass is 9.87. The molecule has 0 radical (unpaired) electrons. The second-order valence-corrected chi connectivity index (χ2v) is 10.2. The number of benzene rings is 3. The van der Waals surface area contributed by atoms with Crippen molar-refractivity contribution < 1.29 is 4.79 Å². The van der Waals surface area contributed by atoms with Gasteiger partial charge in [-0.2, -0.15) is 0 Å². The molecule has 1 atom stereocenters. The summed E-state index contributed by atoms with van der Waals surface area (Å²) in [6.45, 7) is 8.83. The van der Waals surface area contributed by atoms with Crippen LogP contribution in [0.3, 0.4) is 0 Å². The fraction of sp³-hybridized carbons (Fsp3) is 0.310. The summed E-state index contributed by atoms with van der Waals surface area (Å²) in [7, 11) is 0. The highest BCUT2D eigenvalue weighted by Crippen LogP contribution is 2.32. The average Bonchev–Trinajstić information content (AvgIpc) is 3.35. The Kier molecular flexibility index (Phi) is 5.53. The number of imidazole rings is 1. The Morgan fingerprint density at radius 2 is 1.52 bits per heavy atom. The molecule has 1 aliphatic rings. The molecule has 4 nitrogen and oxygen atoms in total. The first-order valence-corrected chi connectivity index (χ1v) is 11.7. The molecule has 0 bridgehead atoms. The van der Waals surface area contributed by atoms with E-state index in [1.165, 1.54) is 16.7 Å². The van der Waals surface area contributed by atoms with E-state index >= 15 is 0 Å². The lowest BCUT2D eigenvalue weighted by molar-refractivity contribution is -0.128. The van der Waals surface area contributed by atoms with Crippen molar-refractivity contribution in [3.63, 3.8) is 0 Å². The minimum absolute atomic E-state index is 0.0995. The Hall–Kier alpha value is -3.40. The average molecular weight is 438 g/mol. The van der Waals surface area contributed by atoms with Gasteiger partial charge in [-0.25, -0.2) is 4.98 Å². The van der Waals surface area contributed by atoms with E-state index in [1.807, 2.05) is 29.2 Å². The number of carbonyl (C=O) groups is 1. The maximum atomic E-state index is 12.9. The van der Waals surface area contributed by atoms with Crippen LogP contribution in [0, 0.1) is 0 Å². The number of rotatable bonds is 5. The third-order valence-electron chi connectivity index (χ3n) is 6.64. The fourth-order valence-corrected chi connectivity index (χ4v) is 4.77. The quantitative estimate of drug-likeness (QED) is 0.390. The third-order valence-corrected chi connectivity index (χ3v) is 6.64. The van der Waals surface area contributed by atoms with Gasteiger partial charge in [0.15, 0.2) is 0 Å². The largest absolute Gasteiger partial charge is 0.338 e. The van der Waals surface area contributed by atoms with Crippen molar-refractivity contribution >= 4 is 16.9 Å². The van der Waals surface area contributed by atoms with Gasteiger partial charge in [0.2, 0.25) is 5.91 Å². The summed E-state index contributed by atoms with van der Waals surface area (Å²) in [6, 6.07) is 27.4. The third kappa shape index (κ3) is 4.43. The van der Waals surface area contributed by atoms with Gasteiger partial charge in [0.1, 0.15) is 5.82 Å². The maximum absolute atomic E-state index is 12.9. The van der Waals surface area contributed by atoms with Crippen LogP contribution in [0.5, 0.6) is 0 Å². The molecule has 1 aliphatic heterocycles. The standard InChI is InChI=1S/C29H31N3O/c1-29(2,3)24-15-13-22(14-16-24)19-32-26-12-8-7-11-25(26)30-28(32)23-17-27(33)31(20-23)18-21-9-5-4-6-10-21/h4-16,23H,17-20H2,1-3H3. The zero-order valence-electron chi connectivity index (χ0n) is 19.7. The zero-order valence-corrected chi connectivity index (χ0v) is 19.7. The van der Waals surface area contributed by atoms with E-state index in [0.717, 1.165) is 23.4 Å². The van der Waals surface area contributed by atoms with Crippen LogP contribution < -0.4 is 0 Å². The molecule has 0 spiro atoms. The van der Waals surface area contributed by atoms with E-state index in [-0.39, 0.29) is 17.2 Å². The van der Waals surface area contributed by atoms with Gasteiger partial charge in [-0.3, -0.25) is 4.79 Å². The first kappa shape index (κ1) is 21.4. The molecule has 0 N–H and O–H groups in total. The van der Waals surface area contributed by atoms with Gasteiger partial charge in [0.25, 0.3) is 0 Å². The first-order chi connectivity index (χ1) is 15.9. The molecule has 168 valence electrons. The van der Waals surface area contributed by atoms with Gasteiger partial charge in [-0.05, 0) is 34.2 Å². The van der Waals surface area contributed by atoms with E-state index < -0.39 is 0 Å². The molecule has 5 rings (SSSR count). The van der Waals surface area contributed by atoms with Gasteiger partial charge in [-0.1, -0.05) is 87.5 Å². The zero-order chi connectivity index (χ0) is 23.0. The predicted molar refractivity (Wildman–Crippen MR) is 133 cm³/mol. The monoisotopic (exact) mass is 437 g/mol. The molecule has 0 saturated carbocycles. The first-order valence-electron chi connectivity index (χ1n) is 11.7. The Morgan fingerprint density at radius 1 is 0.848 bits per heavy atom. The van der Waals surface area contributed by atoms with Gasteiger partial charge in [-0.15, -0.1) is 0 Å².